The fraction of sp³-hybridized carbons (Fsp3) is 0.305. The minimum absolute atomic E-state index is 0.0552. The van der Waals surface area contributed by atoms with Gasteiger partial charge in [-0.2, -0.15) is 0 Å². The highest BCUT2D eigenvalue weighted by Gasteiger charge is 2.49. The third-order valence-corrected chi connectivity index (χ3v) is 23.6. The number of allylic oxidation sites excluding steroid dienone is 5. The van der Waals surface area contributed by atoms with E-state index in [1.165, 1.54) is 212 Å². The van der Waals surface area contributed by atoms with E-state index >= 15 is 0 Å². The molecule has 10 aromatic carbocycles. The molecule has 1 aromatic heterocycles. The molecule has 0 unspecified atom stereocenters. The topological polar surface area (TPSA) is 16.4 Å². The van der Waals surface area contributed by atoms with Crippen molar-refractivity contribution >= 4 is 38.9 Å². The number of nitrogens with zero attached hydrogens (tertiary/aromatic N) is 1. The molecule has 15 rings (SSSR count). The first-order valence-corrected chi connectivity index (χ1v) is 36.9. The van der Waals surface area contributed by atoms with Crippen molar-refractivity contribution in [2.75, 3.05) is 4.90 Å². The fourth-order valence-electron chi connectivity index (χ4n) is 18.4. The minimum Gasteiger partial charge on any atom is -0.455 e. The highest BCUT2D eigenvalue weighted by Crippen LogP contribution is 2.64. The van der Waals surface area contributed by atoms with Gasteiger partial charge in [0.15, 0.2) is 0 Å². The molecule has 1 heterocycles. The maximum atomic E-state index is 7.16. The summed E-state index contributed by atoms with van der Waals surface area (Å²) in [7, 11) is 0. The molecule has 97 heavy (non-hydrogen) atoms. The maximum absolute atomic E-state index is 7.16. The molecule has 11 aromatic rings. The van der Waals surface area contributed by atoms with Gasteiger partial charge in [-0.25, -0.2) is 0 Å². The van der Waals surface area contributed by atoms with Gasteiger partial charge in [-0.05, 0) is 205 Å². The summed E-state index contributed by atoms with van der Waals surface area (Å²) in [6.45, 7) is 30.3. The lowest BCUT2D eigenvalue weighted by atomic mass is 9.70. The van der Waals surface area contributed by atoms with Crippen LogP contribution in [0.25, 0.3) is 105 Å². The molecule has 4 aliphatic carbocycles. The summed E-state index contributed by atoms with van der Waals surface area (Å²) in [6, 6.07) is 72.8. The van der Waals surface area contributed by atoms with Crippen molar-refractivity contribution in [3.05, 3.63) is 269 Å². The van der Waals surface area contributed by atoms with Crippen LogP contribution in [-0.4, -0.2) is 0 Å². The normalized spacial score (nSPS) is 15.3. The Labute approximate surface area is 578 Å². The van der Waals surface area contributed by atoms with Crippen LogP contribution in [0.15, 0.2) is 223 Å². The Morgan fingerprint density at radius 3 is 1.49 bits per heavy atom. The van der Waals surface area contributed by atoms with Crippen LogP contribution in [0.4, 0.5) is 11.4 Å². The molecule has 488 valence electrons. The van der Waals surface area contributed by atoms with E-state index in [0.29, 0.717) is 0 Å². The van der Waals surface area contributed by atoms with Gasteiger partial charge in [-0.15, -0.1) is 0 Å². The second kappa shape index (κ2) is 25.1. The van der Waals surface area contributed by atoms with E-state index in [1.807, 2.05) is 0 Å². The van der Waals surface area contributed by atoms with Crippen LogP contribution in [0.2, 0.25) is 0 Å². The lowest BCUT2D eigenvalue weighted by Gasteiger charge is -2.33. The zero-order valence-corrected chi connectivity index (χ0v) is 59.6. The highest BCUT2D eigenvalue weighted by molar-refractivity contribution is 6.21. The van der Waals surface area contributed by atoms with Crippen molar-refractivity contribution in [2.45, 2.75) is 188 Å². The van der Waals surface area contributed by atoms with Crippen LogP contribution in [0, 0.1) is 0 Å². The monoisotopic (exact) mass is 1270 g/mol. The molecule has 2 heteroatoms. The van der Waals surface area contributed by atoms with Gasteiger partial charge in [-0.1, -0.05) is 297 Å². The summed E-state index contributed by atoms with van der Waals surface area (Å²) in [5, 5.41) is 2.38. The van der Waals surface area contributed by atoms with E-state index in [0.717, 1.165) is 39.4 Å². The Hall–Kier alpha value is -8.98. The second-order valence-corrected chi connectivity index (χ2v) is 30.5. The first kappa shape index (κ1) is 64.0. The van der Waals surface area contributed by atoms with Gasteiger partial charge in [0, 0.05) is 54.9 Å². The predicted molar refractivity (Wildman–Crippen MR) is 417 cm³/mol. The molecule has 0 amide bonds. The number of hydrogen-bond donors (Lipinski definition) is 0. The van der Waals surface area contributed by atoms with Crippen LogP contribution in [0.1, 0.15) is 216 Å². The molecule has 4 aliphatic rings. The number of benzene rings is 10. The first-order chi connectivity index (χ1) is 47.0. The molecule has 0 bridgehead atoms. The van der Waals surface area contributed by atoms with Gasteiger partial charge in [0.2, 0.25) is 0 Å². The van der Waals surface area contributed by atoms with Crippen molar-refractivity contribution in [1.82, 2.24) is 0 Å². The van der Waals surface area contributed by atoms with Gasteiger partial charge in [0.25, 0.3) is 0 Å². The number of hydrogen-bond acceptors (Lipinski definition) is 2. The largest absolute Gasteiger partial charge is 0.455 e. The lowest BCUT2D eigenvalue weighted by Crippen LogP contribution is -2.25. The molecule has 0 spiro atoms. The van der Waals surface area contributed by atoms with E-state index in [1.54, 1.807) is 11.1 Å². The SMILES string of the molecule is C=C(/C=C\C)c1ccccc1N(/C(C)=C/C)c1ccc2c(c1)C(C)(C)c1c3c(c4c(oc5ccccc54)c1-2)-c1ccc(-c2ccc(-c4ccc5c(c4)C(C)(C)c4cc(-c6ccc7c(c6)C(CCCCCCCC)(CCCCCCCC)c6ccccc6-7)ccc4-5)cc2)cc1C3(C)C. The molecule has 0 radical (unpaired) electrons. The predicted octanol–water partition coefficient (Wildman–Crippen LogP) is 27.9. The number of para-hydroxylation sites is 2. The van der Waals surface area contributed by atoms with Crippen molar-refractivity contribution in [1.29, 1.82) is 0 Å². The third kappa shape index (κ3) is 10.4. The average molecular weight is 1270 g/mol. The summed E-state index contributed by atoms with van der Waals surface area (Å²) >= 11 is 0. The van der Waals surface area contributed by atoms with Crippen LogP contribution in [0.5, 0.6) is 0 Å². The average Bonchev–Trinajstić information content (AvgIpc) is 1.51. The van der Waals surface area contributed by atoms with Gasteiger partial charge in [0.1, 0.15) is 11.2 Å². The quantitative estimate of drug-likeness (QED) is 0.0497. The Kier molecular flexibility index (Phi) is 16.6. The Balaban J connectivity index is 0.735. The molecule has 0 fully saturated rings. The zero-order chi connectivity index (χ0) is 67.1. The summed E-state index contributed by atoms with van der Waals surface area (Å²) in [4.78, 5) is 2.41. The van der Waals surface area contributed by atoms with Gasteiger partial charge < -0.3 is 9.32 Å². The van der Waals surface area contributed by atoms with Crippen molar-refractivity contribution < 1.29 is 4.42 Å². The molecule has 0 aliphatic heterocycles. The Morgan fingerprint density at radius 1 is 0.433 bits per heavy atom. The first-order valence-electron chi connectivity index (χ1n) is 36.9. The van der Waals surface area contributed by atoms with E-state index in [9.17, 15) is 0 Å². The van der Waals surface area contributed by atoms with E-state index in [2.05, 4.69) is 294 Å². The number of rotatable bonds is 22. The minimum atomic E-state index is -0.359. The lowest BCUT2D eigenvalue weighted by molar-refractivity contribution is 0.398. The van der Waals surface area contributed by atoms with Crippen molar-refractivity contribution in [3.63, 3.8) is 0 Å². The highest BCUT2D eigenvalue weighted by atomic mass is 16.3. The molecular formula is C95H97NO. The molecule has 0 atom stereocenters. The smallest absolute Gasteiger partial charge is 0.144 e. The molecule has 0 N–H and O–H groups in total. The fourth-order valence-corrected chi connectivity index (χ4v) is 18.4. The van der Waals surface area contributed by atoms with Crippen LogP contribution in [0.3, 0.4) is 0 Å². The Bertz CT molecular complexity index is 4970. The van der Waals surface area contributed by atoms with Gasteiger partial charge >= 0.3 is 0 Å². The van der Waals surface area contributed by atoms with Gasteiger partial charge in [0.05, 0.1) is 5.69 Å². The second-order valence-electron chi connectivity index (χ2n) is 30.5. The standard InChI is InChI=1S/C95H97NO/c1-13-17-19-21-23-31-54-95(55-32-24-22-20-18-14-2)78-37-28-25-35-71(78)74-51-46-68(59-83(74)95)67-45-50-73-72-49-44-65(56-79(72)92(7,8)80(73)58-67)63-40-42-64(43-41-63)66-47-52-75-81(57-66)93(9,10)89-86(75)87-77-36-27-30-39-85(77)97-91(87)88-76-53-48-69(60-82(76)94(11,12)90(88)89)96(62(6)16-4)84-38-29-26-34-70(84)61(5)33-15-3/h15-16,25-30,33-53,56-60H,5,13-14,17-24,31-32,54-55H2,1-4,6-12H3/b33-15-,62-16+. The number of unbranched alkanes of at least 4 members (excludes halogenated alkanes) is 10. The number of furan rings is 1. The van der Waals surface area contributed by atoms with Crippen LogP contribution in [-0.2, 0) is 21.7 Å². The molecule has 0 saturated heterocycles. The van der Waals surface area contributed by atoms with E-state index in [-0.39, 0.29) is 21.7 Å². The summed E-state index contributed by atoms with van der Waals surface area (Å²) < 4.78 is 7.16. The number of fused-ring (bicyclic) bond motifs is 18. The zero-order valence-electron chi connectivity index (χ0n) is 59.6. The Morgan fingerprint density at radius 2 is 0.887 bits per heavy atom. The summed E-state index contributed by atoms with van der Waals surface area (Å²) in [6.07, 6.45) is 24.8. The van der Waals surface area contributed by atoms with E-state index in [4.69, 9.17) is 4.42 Å². The summed E-state index contributed by atoms with van der Waals surface area (Å²) in [5.74, 6) is 0. The van der Waals surface area contributed by atoms with E-state index < -0.39 is 0 Å². The third-order valence-electron chi connectivity index (χ3n) is 23.6. The van der Waals surface area contributed by atoms with Crippen molar-refractivity contribution in [2.24, 2.45) is 0 Å². The van der Waals surface area contributed by atoms with Crippen molar-refractivity contribution in [3.8, 4) is 77.9 Å². The molecule has 2 nitrogen and oxygen atoms in total. The van der Waals surface area contributed by atoms with Crippen LogP contribution >= 0.6 is 0 Å². The van der Waals surface area contributed by atoms with Gasteiger partial charge in [-0.3, -0.25) is 0 Å². The summed E-state index contributed by atoms with van der Waals surface area (Å²) in [5.41, 5.74) is 36.4. The number of anilines is 2. The van der Waals surface area contributed by atoms with Crippen LogP contribution < -0.4 is 4.90 Å². The molecule has 0 saturated carbocycles. The molecular weight excluding hydrogens is 1170 g/mol. The maximum Gasteiger partial charge on any atom is 0.144 e.